The molecule has 0 atom stereocenters. The van der Waals surface area contributed by atoms with Gasteiger partial charge in [0.15, 0.2) is 28.1 Å². The lowest BCUT2D eigenvalue weighted by atomic mass is 10.0. The average molecular weight is 593 g/mol. The fraction of sp³-hybridized carbons (Fsp3) is 0.552. The zero-order valence-corrected chi connectivity index (χ0v) is 28.3. The Hall–Kier alpha value is -1.96. The first kappa shape index (κ1) is 33.2. The highest BCUT2D eigenvalue weighted by Gasteiger charge is 2.39. The summed E-state index contributed by atoms with van der Waals surface area (Å²) in [6.45, 7) is 15.7. The molecule has 0 unspecified atom stereocenters. The molecular formula is C29H48O7Si3. The molecule has 0 heterocycles. The van der Waals surface area contributed by atoms with Gasteiger partial charge in [0.25, 0.3) is 0 Å². The SMILES string of the molecule is COC(=O)Oc1ccc(CCC[Si](C)(C)O[Si](C)(C)O[Si](C)(C)CCCc2ccc(C)c(CO)c2)cc1OC. The van der Waals surface area contributed by atoms with Crippen molar-refractivity contribution in [2.24, 2.45) is 0 Å². The summed E-state index contributed by atoms with van der Waals surface area (Å²) >= 11 is 0. The van der Waals surface area contributed by atoms with Crippen LogP contribution in [0.1, 0.15) is 35.1 Å². The Morgan fingerprint density at radius 2 is 1.33 bits per heavy atom. The van der Waals surface area contributed by atoms with Crippen LogP contribution in [0.5, 0.6) is 11.5 Å². The van der Waals surface area contributed by atoms with E-state index in [9.17, 15) is 9.90 Å². The van der Waals surface area contributed by atoms with E-state index in [0.717, 1.165) is 54.5 Å². The summed E-state index contributed by atoms with van der Waals surface area (Å²) in [6.07, 6.45) is 3.18. The van der Waals surface area contributed by atoms with Crippen LogP contribution >= 0.6 is 0 Å². The molecule has 2 rings (SSSR count). The molecule has 39 heavy (non-hydrogen) atoms. The average Bonchev–Trinajstić information content (AvgIpc) is 2.84. The van der Waals surface area contributed by atoms with Gasteiger partial charge in [0.1, 0.15) is 0 Å². The zero-order valence-electron chi connectivity index (χ0n) is 25.3. The number of benzene rings is 2. The van der Waals surface area contributed by atoms with Crippen LogP contribution < -0.4 is 9.47 Å². The normalized spacial score (nSPS) is 12.4. The van der Waals surface area contributed by atoms with Crippen LogP contribution in [0, 0.1) is 6.92 Å². The van der Waals surface area contributed by atoms with Gasteiger partial charge < -0.3 is 27.5 Å². The summed E-state index contributed by atoms with van der Waals surface area (Å²) in [6, 6.07) is 14.1. The first-order chi connectivity index (χ1) is 18.2. The van der Waals surface area contributed by atoms with Gasteiger partial charge in [-0.2, -0.15) is 0 Å². The van der Waals surface area contributed by atoms with Gasteiger partial charge in [0.2, 0.25) is 0 Å². The van der Waals surface area contributed by atoms with Gasteiger partial charge in [0.05, 0.1) is 20.8 Å². The van der Waals surface area contributed by atoms with Gasteiger partial charge in [-0.15, -0.1) is 0 Å². The molecule has 2 aromatic carbocycles. The van der Waals surface area contributed by atoms with Crippen molar-refractivity contribution >= 4 is 31.4 Å². The second-order valence-corrected chi connectivity index (χ2v) is 24.3. The van der Waals surface area contributed by atoms with E-state index in [-0.39, 0.29) is 6.61 Å². The first-order valence-corrected chi connectivity index (χ1v) is 22.8. The molecule has 10 heteroatoms. The van der Waals surface area contributed by atoms with Crippen LogP contribution in [-0.2, 0) is 32.4 Å². The molecule has 0 radical (unpaired) electrons. The van der Waals surface area contributed by atoms with E-state index in [1.54, 1.807) is 13.2 Å². The fourth-order valence-electron chi connectivity index (χ4n) is 5.02. The third kappa shape index (κ3) is 11.6. The van der Waals surface area contributed by atoms with Gasteiger partial charge in [-0.3, -0.25) is 0 Å². The van der Waals surface area contributed by atoms with E-state index in [2.05, 4.69) is 62.2 Å². The summed E-state index contributed by atoms with van der Waals surface area (Å²) in [5.74, 6) is 0.854. The summed E-state index contributed by atoms with van der Waals surface area (Å²) in [4.78, 5) is 11.4. The lowest BCUT2D eigenvalue weighted by molar-refractivity contribution is 0.120. The monoisotopic (exact) mass is 592 g/mol. The fourth-order valence-corrected chi connectivity index (χ4v) is 19.1. The van der Waals surface area contributed by atoms with E-state index in [0.29, 0.717) is 11.5 Å². The van der Waals surface area contributed by atoms with E-state index < -0.39 is 31.4 Å². The van der Waals surface area contributed by atoms with Crippen molar-refractivity contribution in [2.75, 3.05) is 14.2 Å². The third-order valence-corrected chi connectivity index (χ3v) is 18.2. The standard InChI is InChI=1S/C29H48O7Si3/c1-23-14-15-24(20-26(23)22-30)12-10-18-37(4,5)35-39(8,9)36-38(6,7)19-11-13-25-16-17-27(28(21-25)32-2)34-29(31)33-3/h14-17,20-21,30H,10-13,18-19,22H2,1-9H3. The maximum atomic E-state index is 11.4. The number of methoxy groups -OCH3 is 2. The van der Waals surface area contributed by atoms with Crippen molar-refractivity contribution in [1.29, 1.82) is 0 Å². The maximum absolute atomic E-state index is 11.4. The number of rotatable bonds is 15. The second kappa shape index (κ2) is 14.6. The number of hydrogen-bond acceptors (Lipinski definition) is 7. The molecule has 0 amide bonds. The third-order valence-electron chi connectivity index (χ3n) is 6.70. The zero-order chi connectivity index (χ0) is 29.3. The largest absolute Gasteiger partial charge is 0.513 e. The molecule has 0 aliphatic heterocycles. The number of carbonyl (C=O) groups excluding carboxylic acids is 1. The lowest BCUT2D eigenvalue weighted by Crippen LogP contribution is -2.52. The van der Waals surface area contributed by atoms with Gasteiger partial charge in [-0.1, -0.05) is 24.3 Å². The highest BCUT2D eigenvalue weighted by molar-refractivity contribution is 6.87. The molecule has 0 aromatic heterocycles. The maximum Gasteiger partial charge on any atom is 0.513 e. The second-order valence-electron chi connectivity index (χ2n) is 11.8. The molecular weight excluding hydrogens is 545 g/mol. The van der Waals surface area contributed by atoms with Gasteiger partial charge in [-0.05, 0) is 118 Å². The Labute approximate surface area is 238 Å². The van der Waals surface area contributed by atoms with Crippen molar-refractivity contribution < 1.29 is 32.3 Å². The number of ether oxygens (including phenoxy) is 3. The first-order valence-electron chi connectivity index (χ1n) is 13.7. The van der Waals surface area contributed by atoms with E-state index in [1.807, 2.05) is 19.1 Å². The predicted molar refractivity (Wildman–Crippen MR) is 164 cm³/mol. The Bertz CT molecular complexity index is 1090. The molecule has 218 valence electrons. The van der Waals surface area contributed by atoms with Crippen LogP contribution in [0.4, 0.5) is 4.79 Å². The molecule has 0 aliphatic rings. The number of hydrogen-bond donors (Lipinski definition) is 1. The highest BCUT2D eigenvalue weighted by atomic mass is 28.5. The lowest BCUT2D eigenvalue weighted by Gasteiger charge is -2.39. The summed E-state index contributed by atoms with van der Waals surface area (Å²) < 4.78 is 28.7. The molecule has 0 saturated carbocycles. The van der Waals surface area contributed by atoms with Crippen molar-refractivity contribution in [1.82, 2.24) is 0 Å². The van der Waals surface area contributed by atoms with Crippen molar-refractivity contribution in [2.45, 2.75) is 90.6 Å². The van der Waals surface area contributed by atoms with E-state index >= 15 is 0 Å². The minimum atomic E-state index is -2.29. The summed E-state index contributed by atoms with van der Waals surface area (Å²) in [5, 5.41) is 9.55. The molecule has 0 bridgehead atoms. The van der Waals surface area contributed by atoms with Crippen LogP contribution in [0.3, 0.4) is 0 Å². The number of aliphatic hydroxyl groups excluding tert-OH is 1. The minimum Gasteiger partial charge on any atom is -0.493 e. The molecule has 0 saturated heterocycles. The van der Waals surface area contributed by atoms with Crippen LogP contribution in [0.2, 0.25) is 51.4 Å². The Kier molecular flexibility index (Phi) is 12.5. The molecule has 1 N–H and O–H groups in total. The molecule has 0 fully saturated rings. The Morgan fingerprint density at radius 3 is 1.85 bits per heavy atom. The smallest absolute Gasteiger partial charge is 0.493 e. The van der Waals surface area contributed by atoms with Crippen LogP contribution in [0.25, 0.3) is 0 Å². The van der Waals surface area contributed by atoms with Crippen LogP contribution in [0.15, 0.2) is 36.4 Å². The molecule has 0 aliphatic carbocycles. The molecule has 7 nitrogen and oxygen atoms in total. The highest BCUT2D eigenvalue weighted by Crippen LogP contribution is 2.30. The quantitative estimate of drug-likeness (QED) is 0.131. The van der Waals surface area contributed by atoms with Gasteiger partial charge in [0, 0.05) is 0 Å². The number of carbonyl (C=O) groups is 1. The van der Waals surface area contributed by atoms with Gasteiger partial charge in [-0.25, -0.2) is 4.79 Å². The van der Waals surface area contributed by atoms with Crippen molar-refractivity contribution in [3.63, 3.8) is 0 Å². The van der Waals surface area contributed by atoms with E-state index in [1.165, 1.54) is 12.7 Å². The molecule has 0 spiro atoms. The Morgan fingerprint density at radius 1 is 0.795 bits per heavy atom. The topological polar surface area (TPSA) is 83.5 Å². The van der Waals surface area contributed by atoms with Crippen molar-refractivity contribution in [3.8, 4) is 11.5 Å². The van der Waals surface area contributed by atoms with Crippen LogP contribution in [-0.4, -0.2) is 50.7 Å². The summed E-state index contributed by atoms with van der Waals surface area (Å²) in [5.41, 5.74) is 4.55. The van der Waals surface area contributed by atoms with E-state index in [4.69, 9.17) is 17.7 Å². The summed E-state index contributed by atoms with van der Waals surface area (Å²) in [7, 11) is -3.28. The number of aryl methyl sites for hydroxylation is 3. The van der Waals surface area contributed by atoms with Crippen molar-refractivity contribution in [3.05, 3.63) is 58.7 Å². The Balaban J connectivity index is 1.86. The minimum absolute atomic E-state index is 0.0896. The predicted octanol–water partition coefficient (Wildman–Crippen LogP) is 7.35. The molecule has 2 aromatic rings. The van der Waals surface area contributed by atoms with Gasteiger partial charge >= 0.3 is 14.7 Å². The number of aliphatic hydroxyl groups is 1.